The highest BCUT2D eigenvalue weighted by Crippen LogP contribution is 2.26. The lowest BCUT2D eigenvalue weighted by Gasteiger charge is -2.07. The smallest absolute Gasteiger partial charge is 0.265 e. The molecule has 0 saturated heterocycles. The van der Waals surface area contributed by atoms with Crippen molar-refractivity contribution < 1.29 is 4.74 Å². The second-order valence-corrected chi connectivity index (χ2v) is 5.31. The highest BCUT2D eigenvalue weighted by Gasteiger charge is 2.09. The average Bonchev–Trinajstić information content (AvgIpc) is 2.95. The molecule has 0 aliphatic rings. The molecule has 3 heterocycles. The third-order valence-corrected chi connectivity index (χ3v) is 3.48. The summed E-state index contributed by atoms with van der Waals surface area (Å²) in [7, 11) is 0. The van der Waals surface area contributed by atoms with Gasteiger partial charge in [-0.3, -0.25) is 9.38 Å². The van der Waals surface area contributed by atoms with Crippen LogP contribution >= 0.6 is 15.9 Å². The molecule has 0 radical (unpaired) electrons. The molecular weight excluding hydrogens is 332 g/mol. The maximum Gasteiger partial charge on any atom is 0.265 e. The number of rotatable bonds is 2. The molecule has 0 fully saturated rings. The molecule has 0 atom stereocenters. The van der Waals surface area contributed by atoms with Gasteiger partial charge in [-0.05, 0) is 28.1 Å². The highest BCUT2D eigenvalue weighted by atomic mass is 79.9. The fourth-order valence-corrected chi connectivity index (χ4v) is 2.54. The van der Waals surface area contributed by atoms with E-state index >= 15 is 0 Å². The fourth-order valence-electron chi connectivity index (χ4n) is 2.16. The highest BCUT2D eigenvalue weighted by molar-refractivity contribution is 9.10. The molecule has 5 nitrogen and oxygen atoms in total. The molecule has 0 amide bonds. The van der Waals surface area contributed by atoms with Gasteiger partial charge in [0.1, 0.15) is 10.4 Å². The van der Waals surface area contributed by atoms with Gasteiger partial charge in [-0.15, -0.1) is 0 Å². The predicted molar refractivity (Wildman–Crippen MR) is 82.5 cm³/mol. The van der Waals surface area contributed by atoms with Crippen LogP contribution in [0.4, 0.5) is 0 Å². The van der Waals surface area contributed by atoms with Crippen molar-refractivity contribution in [2.75, 3.05) is 0 Å². The molecule has 21 heavy (non-hydrogen) atoms. The van der Waals surface area contributed by atoms with Crippen molar-refractivity contribution in [3.63, 3.8) is 0 Å². The van der Waals surface area contributed by atoms with Crippen LogP contribution in [0.5, 0.6) is 11.6 Å². The summed E-state index contributed by atoms with van der Waals surface area (Å²) in [6.45, 7) is 0. The molecular formula is C15H9BrN4O. The van der Waals surface area contributed by atoms with Gasteiger partial charge in [0.05, 0.1) is 11.7 Å². The number of hydrogen-bond acceptors (Lipinski definition) is 4. The van der Waals surface area contributed by atoms with Crippen molar-refractivity contribution in [2.45, 2.75) is 0 Å². The first-order chi connectivity index (χ1) is 10.3. The van der Waals surface area contributed by atoms with E-state index in [1.807, 2.05) is 47.1 Å². The Hall–Kier alpha value is -2.47. The van der Waals surface area contributed by atoms with Crippen molar-refractivity contribution >= 4 is 32.5 Å². The first-order valence-electron chi connectivity index (χ1n) is 6.31. The standard InChI is InChI=1S/C15H9BrN4O/c16-13-9-20-6-5-17-14(20)15(19-13)21-11-7-10-3-1-2-4-12(10)18-8-11/h1-9H. The Bertz CT molecular complexity index is 951. The van der Waals surface area contributed by atoms with Crippen molar-refractivity contribution in [1.29, 1.82) is 0 Å². The Morgan fingerprint density at radius 2 is 2.05 bits per heavy atom. The number of ether oxygens (including phenoxy) is 1. The number of fused-ring (bicyclic) bond motifs is 2. The van der Waals surface area contributed by atoms with Gasteiger partial charge in [0.2, 0.25) is 5.65 Å². The van der Waals surface area contributed by atoms with E-state index in [1.165, 1.54) is 0 Å². The largest absolute Gasteiger partial charge is 0.434 e. The Morgan fingerprint density at radius 1 is 1.14 bits per heavy atom. The van der Waals surface area contributed by atoms with Crippen molar-refractivity contribution in [3.8, 4) is 11.6 Å². The zero-order valence-electron chi connectivity index (χ0n) is 10.8. The second kappa shape index (κ2) is 4.82. The molecule has 4 aromatic rings. The van der Waals surface area contributed by atoms with Crippen molar-refractivity contribution in [2.24, 2.45) is 0 Å². The van der Waals surface area contributed by atoms with Crippen LogP contribution in [-0.4, -0.2) is 19.4 Å². The zero-order chi connectivity index (χ0) is 14.2. The summed E-state index contributed by atoms with van der Waals surface area (Å²) in [4.78, 5) is 13.0. The summed E-state index contributed by atoms with van der Waals surface area (Å²) >= 11 is 3.37. The number of aromatic nitrogens is 4. The summed E-state index contributed by atoms with van der Waals surface area (Å²) in [5, 5.41) is 1.02. The van der Waals surface area contributed by atoms with Crippen LogP contribution in [-0.2, 0) is 0 Å². The topological polar surface area (TPSA) is 52.3 Å². The quantitative estimate of drug-likeness (QED) is 0.556. The number of para-hydroxylation sites is 1. The van der Waals surface area contributed by atoms with E-state index in [-0.39, 0.29) is 0 Å². The first-order valence-corrected chi connectivity index (χ1v) is 7.11. The Balaban J connectivity index is 1.80. The van der Waals surface area contributed by atoms with Gasteiger partial charge in [0, 0.05) is 24.0 Å². The Labute approximate surface area is 128 Å². The molecule has 1 aromatic carbocycles. The van der Waals surface area contributed by atoms with Crippen LogP contribution in [0.15, 0.2) is 59.7 Å². The van der Waals surface area contributed by atoms with Gasteiger partial charge in [0.15, 0.2) is 0 Å². The van der Waals surface area contributed by atoms with Gasteiger partial charge in [-0.1, -0.05) is 18.2 Å². The molecule has 102 valence electrons. The minimum absolute atomic E-state index is 0.437. The number of imidazole rings is 1. The number of halogens is 1. The van der Waals surface area contributed by atoms with E-state index in [4.69, 9.17) is 4.74 Å². The van der Waals surface area contributed by atoms with Crippen LogP contribution in [0.1, 0.15) is 0 Å². The molecule has 4 rings (SSSR count). The molecule has 0 unspecified atom stereocenters. The molecule has 3 aromatic heterocycles. The average molecular weight is 341 g/mol. The van der Waals surface area contributed by atoms with Crippen molar-refractivity contribution in [1.82, 2.24) is 19.4 Å². The maximum absolute atomic E-state index is 5.85. The minimum Gasteiger partial charge on any atom is -0.434 e. The minimum atomic E-state index is 0.437. The van der Waals surface area contributed by atoms with Crippen molar-refractivity contribution in [3.05, 3.63) is 59.7 Å². The molecule has 6 heteroatoms. The van der Waals surface area contributed by atoms with Gasteiger partial charge >= 0.3 is 0 Å². The molecule has 0 spiro atoms. The maximum atomic E-state index is 5.85. The van der Waals surface area contributed by atoms with Crippen LogP contribution in [0, 0.1) is 0 Å². The molecule has 0 N–H and O–H groups in total. The lowest BCUT2D eigenvalue weighted by atomic mass is 10.2. The summed E-state index contributed by atoms with van der Waals surface area (Å²) in [5.41, 5.74) is 1.59. The van der Waals surface area contributed by atoms with Crippen LogP contribution in [0.2, 0.25) is 0 Å². The monoisotopic (exact) mass is 340 g/mol. The SMILES string of the molecule is Brc1cn2ccnc2c(Oc2cnc3ccccc3c2)n1. The third kappa shape index (κ3) is 2.23. The zero-order valence-corrected chi connectivity index (χ0v) is 12.4. The Kier molecular flexibility index (Phi) is 2.82. The summed E-state index contributed by atoms with van der Waals surface area (Å²) in [5.74, 6) is 1.07. The number of benzene rings is 1. The third-order valence-electron chi connectivity index (χ3n) is 3.09. The number of hydrogen-bond donors (Lipinski definition) is 0. The number of pyridine rings is 1. The number of nitrogens with zero attached hydrogens (tertiary/aromatic N) is 4. The first kappa shape index (κ1) is 12.3. The molecule has 0 aliphatic heterocycles. The van der Waals surface area contributed by atoms with Crippen LogP contribution in [0.25, 0.3) is 16.6 Å². The van der Waals surface area contributed by atoms with E-state index < -0.39 is 0 Å². The lowest BCUT2D eigenvalue weighted by molar-refractivity contribution is 0.462. The van der Waals surface area contributed by atoms with E-state index in [0.29, 0.717) is 21.9 Å². The Morgan fingerprint density at radius 3 is 3.00 bits per heavy atom. The molecule has 0 saturated carbocycles. The summed E-state index contributed by atoms with van der Waals surface area (Å²) in [6.07, 6.45) is 7.06. The van der Waals surface area contributed by atoms with E-state index in [9.17, 15) is 0 Å². The normalized spacial score (nSPS) is 11.1. The van der Waals surface area contributed by atoms with Crippen LogP contribution < -0.4 is 4.74 Å². The van der Waals surface area contributed by atoms with E-state index in [1.54, 1.807) is 12.4 Å². The van der Waals surface area contributed by atoms with Gasteiger partial charge in [-0.25, -0.2) is 9.97 Å². The van der Waals surface area contributed by atoms with Crippen LogP contribution in [0.3, 0.4) is 0 Å². The van der Waals surface area contributed by atoms with Gasteiger partial charge in [-0.2, -0.15) is 0 Å². The summed E-state index contributed by atoms with van der Waals surface area (Å²) < 4.78 is 8.38. The lowest BCUT2D eigenvalue weighted by Crippen LogP contribution is -1.95. The van der Waals surface area contributed by atoms with Gasteiger partial charge in [0.25, 0.3) is 5.88 Å². The fraction of sp³-hybridized carbons (Fsp3) is 0. The van der Waals surface area contributed by atoms with Gasteiger partial charge < -0.3 is 4.74 Å². The van der Waals surface area contributed by atoms with E-state index in [2.05, 4.69) is 30.9 Å². The predicted octanol–water partition coefficient (Wildman–Crippen LogP) is 3.83. The van der Waals surface area contributed by atoms with E-state index in [0.717, 1.165) is 10.9 Å². The second-order valence-electron chi connectivity index (χ2n) is 4.49. The summed E-state index contributed by atoms with van der Waals surface area (Å²) in [6, 6.07) is 9.82. The molecule has 0 aliphatic carbocycles. The molecule has 0 bridgehead atoms.